The van der Waals surface area contributed by atoms with Crippen molar-refractivity contribution >= 4 is 39.8 Å². The minimum atomic E-state index is 0.0208. The summed E-state index contributed by atoms with van der Waals surface area (Å²) in [5.41, 5.74) is 2.27. The van der Waals surface area contributed by atoms with E-state index in [1.54, 1.807) is 18.2 Å². The molecule has 26 heavy (non-hydrogen) atoms. The van der Waals surface area contributed by atoms with Crippen molar-refractivity contribution in [3.05, 3.63) is 54.0 Å². The fraction of sp³-hybridized carbons (Fsp3) is 0.278. The first kappa shape index (κ1) is 18.5. The number of anilines is 2. The van der Waals surface area contributed by atoms with Gasteiger partial charge in [0.15, 0.2) is 4.34 Å². The Hall–Kier alpha value is -2.32. The third-order valence-corrected chi connectivity index (χ3v) is 5.72. The first-order valence-electron chi connectivity index (χ1n) is 8.23. The van der Waals surface area contributed by atoms with Gasteiger partial charge in [-0.15, -0.1) is 10.2 Å². The van der Waals surface area contributed by atoms with Crippen molar-refractivity contribution < 1.29 is 9.21 Å². The van der Waals surface area contributed by atoms with E-state index in [1.807, 2.05) is 30.3 Å². The van der Waals surface area contributed by atoms with Gasteiger partial charge in [0, 0.05) is 12.7 Å². The first-order chi connectivity index (χ1) is 12.7. The van der Waals surface area contributed by atoms with E-state index in [0.717, 1.165) is 27.3 Å². The fourth-order valence-electron chi connectivity index (χ4n) is 2.34. The third kappa shape index (κ3) is 4.86. The summed E-state index contributed by atoms with van der Waals surface area (Å²) in [7, 11) is 1.76. The molecule has 3 aromatic rings. The molecule has 0 bridgehead atoms. The van der Waals surface area contributed by atoms with Crippen molar-refractivity contribution in [3.63, 3.8) is 0 Å². The van der Waals surface area contributed by atoms with Crippen LogP contribution in [0.3, 0.4) is 0 Å². The number of para-hydroxylation sites is 1. The van der Waals surface area contributed by atoms with Crippen LogP contribution in [-0.2, 0) is 17.8 Å². The second-order valence-corrected chi connectivity index (χ2v) is 7.83. The monoisotopic (exact) mass is 388 g/mol. The topological polar surface area (TPSA) is 71.3 Å². The number of benzene rings is 1. The molecular weight excluding hydrogens is 368 g/mol. The molecule has 6 nitrogen and oxygen atoms in total. The van der Waals surface area contributed by atoms with Crippen LogP contribution in [0.15, 0.2) is 51.4 Å². The summed E-state index contributed by atoms with van der Waals surface area (Å²) in [6.45, 7) is 2.58. The lowest BCUT2D eigenvalue weighted by molar-refractivity contribution is -0.127. The molecule has 8 heteroatoms. The Morgan fingerprint density at radius 3 is 2.88 bits per heavy atom. The molecule has 0 radical (unpaired) electrons. The minimum absolute atomic E-state index is 0.0208. The minimum Gasteiger partial charge on any atom is -0.467 e. The molecule has 0 spiro atoms. The van der Waals surface area contributed by atoms with Crippen molar-refractivity contribution in [2.75, 3.05) is 18.1 Å². The van der Waals surface area contributed by atoms with Crippen LogP contribution in [0.4, 0.5) is 10.8 Å². The predicted molar refractivity (Wildman–Crippen MR) is 105 cm³/mol. The lowest BCUT2D eigenvalue weighted by atomic mass is 10.1. The third-order valence-electron chi connectivity index (χ3n) is 3.76. The molecule has 1 N–H and O–H groups in total. The van der Waals surface area contributed by atoms with Crippen LogP contribution in [0, 0.1) is 0 Å². The van der Waals surface area contributed by atoms with Crippen molar-refractivity contribution in [2.24, 2.45) is 0 Å². The van der Waals surface area contributed by atoms with Crippen molar-refractivity contribution in [3.8, 4) is 0 Å². The number of aryl methyl sites for hydroxylation is 1. The van der Waals surface area contributed by atoms with Crippen LogP contribution in [-0.4, -0.2) is 33.8 Å². The first-order valence-corrected chi connectivity index (χ1v) is 10.0. The zero-order valence-electron chi connectivity index (χ0n) is 14.6. The van der Waals surface area contributed by atoms with E-state index >= 15 is 0 Å². The quantitative estimate of drug-likeness (QED) is 0.584. The lowest BCUT2D eigenvalue weighted by Gasteiger charge is -2.14. The SMILES string of the molecule is CCc1ccccc1Nc1nnc(SCC(=O)N(C)Cc2ccco2)s1. The molecule has 3 rings (SSSR count). The highest BCUT2D eigenvalue weighted by molar-refractivity contribution is 8.01. The number of furan rings is 1. The maximum absolute atomic E-state index is 12.2. The molecule has 0 saturated heterocycles. The van der Waals surface area contributed by atoms with E-state index in [1.165, 1.54) is 28.7 Å². The maximum Gasteiger partial charge on any atom is 0.233 e. The summed E-state index contributed by atoms with van der Waals surface area (Å²) in [6, 6.07) is 11.8. The largest absolute Gasteiger partial charge is 0.467 e. The Kier molecular flexibility index (Phi) is 6.30. The molecular formula is C18H20N4O2S2. The van der Waals surface area contributed by atoms with E-state index in [2.05, 4.69) is 28.5 Å². The molecule has 0 aliphatic rings. The highest BCUT2D eigenvalue weighted by atomic mass is 32.2. The lowest BCUT2D eigenvalue weighted by Crippen LogP contribution is -2.27. The summed E-state index contributed by atoms with van der Waals surface area (Å²) < 4.78 is 6.03. The van der Waals surface area contributed by atoms with Gasteiger partial charge >= 0.3 is 0 Å². The average molecular weight is 389 g/mol. The second-order valence-electron chi connectivity index (χ2n) is 5.63. The summed E-state index contributed by atoms with van der Waals surface area (Å²) >= 11 is 2.84. The van der Waals surface area contributed by atoms with Gasteiger partial charge in [-0.25, -0.2) is 0 Å². The van der Waals surface area contributed by atoms with E-state index in [0.29, 0.717) is 12.3 Å². The molecule has 2 heterocycles. The van der Waals surface area contributed by atoms with Gasteiger partial charge in [0.2, 0.25) is 11.0 Å². The van der Waals surface area contributed by atoms with E-state index in [4.69, 9.17) is 4.42 Å². The van der Waals surface area contributed by atoms with Crippen LogP contribution >= 0.6 is 23.1 Å². The van der Waals surface area contributed by atoms with Gasteiger partial charge in [0.25, 0.3) is 0 Å². The Bertz CT molecular complexity index is 849. The Labute approximate surface area is 160 Å². The normalized spacial score (nSPS) is 10.7. The van der Waals surface area contributed by atoms with Gasteiger partial charge in [-0.1, -0.05) is 48.2 Å². The number of nitrogens with one attached hydrogen (secondary N) is 1. The van der Waals surface area contributed by atoms with Crippen LogP contribution in [0.1, 0.15) is 18.2 Å². The fourth-order valence-corrected chi connectivity index (χ4v) is 4.05. The predicted octanol–water partition coefficient (Wildman–Crippen LogP) is 4.19. The highest BCUT2D eigenvalue weighted by Crippen LogP contribution is 2.29. The molecule has 136 valence electrons. The number of nitrogens with zero attached hydrogens (tertiary/aromatic N) is 3. The molecule has 2 aromatic heterocycles. The molecule has 0 fully saturated rings. The van der Waals surface area contributed by atoms with Gasteiger partial charge in [0.05, 0.1) is 18.6 Å². The number of rotatable bonds is 8. The molecule has 1 amide bonds. The molecule has 0 saturated carbocycles. The van der Waals surface area contributed by atoms with Gasteiger partial charge in [-0.05, 0) is 30.2 Å². The summed E-state index contributed by atoms with van der Waals surface area (Å²) in [5, 5.41) is 12.4. The number of carbonyl (C=O) groups is 1. The standard InChI is InChI=1S/C18H20N4O2S2/c1-3-13-7-4-5-9-15(13)19-17-20-21-18(26-17)25-12-16(23)22(2)11-14-8-6-10-24-14/h4-10H,3,11-12H2,1-2H3,(H,19,20). The number of amides is 1. The van der Waals surface area contributed by atoms with Crippen LogP contribution in [0.25, 0.3) is 0 Å². The van der Waals surface area contributed by atoms with Crippen LogP contribution in [0.5, 0.6) is 0 Å². The van der Waals surface area contributed by atoms with Crippen LogP contribution in [0.2, 0.25) is 0 Å². The van der Waals surface area contributed by atoms with Gasteiger partial charge in [-0.3, -0.25) is 4.79 Å². The zero-order chi connectivity index (χ0) is 18.4. The average Bonchev–Trinajstić information content (AvgIpc) is 3.32. The maximum atomic E-state index is 12.2. The molecule has 0 atom stereocenters. The Morgan fingerprint density at radius 2 is 2.12 bits per heavy atom. The summed E-state index contributed by atoms with van der Waals surface area (Å²) in [5.74, 6) is 1.10. The van der Waals surface area contributed by atoms with E-state index in [-0.39, 0.29) is 5.91 Å². The number of thioether (sulfide) groups is 1. The molecule has 0 unspecified atom stereocenters. The van der Waals surface area contributed by atoms with E-state index in [9.17, 15) is 4.79 Å². The Balaban J connectivity index is 1.52. The van der Waals surface area contributed by atoms with Crippen LogP contribution < -0.4 is 5.32 Å². The number of hydrogen-bond donors (Lipinski definition) is 1. The highest BCUT2D eigenvalue weighted by Gasteiger charge is 2.13. The smallest absolute Gasteiger partial charge is 0.233 e. The molecule has 1 aromatic carbocycles. The summed E-state index contributed by atoms with van der Waals surface area (Å²) in [6.07, 6.45) is 2.55. The molecule has 0 aliphatic heterocycles. The number of aromatic nitrogens is 2. The van der Waals surface area contributed by atoms with E-state index < -0.39 is 0 Å². The Morgan fingerprint density at radius 1 is 1.27 bits per heavy atom. The van der Waals surface area contributed by atoms with Gasteiger partial charge in [-0.2, -0.15) is 0 Å². The number of hydrogen-bond acceptors (Lipinski definition) is 7. The number of carbonyl (C=O) groups excluding carboxylic acids is 1. The summed E-state index contributed by atoms with van der Waals surface area (Å²) in [4.78, 5) is 13.9. The molecule has 0 aliphatic carbocycles. The van der Waals surface area contributed by atoms with Gasteiger partial charge in [0.1, 0.15) is 5.76 Å². The van der Waals surface area contributed by atoms with Crippen molar-refractivity contribution in [1.29, 1.82) is 0 Å². The van der Waals surface area contributed by atoms with Crippen molar-refractivity contribution in [1.82, 2.24) is 15.1 Å². The zero-order valence-corrected chi connectivity index (χ0v) is 16.3. The second kappa shape index (κ2) is 8.86. The van der Waals surface area contributed by atoms with Gasteiger partial charge < -0.3 is 14.6 Å². The van der Waals surface area contributed by atoms with Crippen molar-refractivity contribution in [2.45, 2.75) is 24.2 Å².